The zero-order chi connectivity index (χ0) is 9.26. The summed E-state index contributed by atoms with van der Waals surface area (Å²) in [6.07, 6.45) is 1.66. The lowest BCUT2D eigenvalue weighted by atomic mass is 10.1. The zero-order valence-corrected chi connectivity index (χ0v) is 8.71. The molecule has 66 valence electrons. The van der Waals surface area contributed by atoms with Crippen LogP contribution in [0.5, 0.6) is 0 Å². The maximum absolute atomic E-state index is 4.88. The third kappa shape index (κ3) is 1.52. The fourth-order valence-electron chi connectivity index (χ4n) is 1.23. The lowest BCUT2D eigenvalue weighted by Gasteiger charge is -2.00. The number of hydrogen-bond donors (Lipinski definition) is 0. The number of aromatic nitrogens is 1. The number of aryl methyl sites for hydroxylation is 1. The maximum Gasteiger partial charge on any atom is 0.131 e. The monoisotopic (exact) mass is 237 g/mol. The first-order valence-electron chi connectivity index (χ1n) is 3.95. The molecule has 0 bridgehead atoms. The van der Waals surface area contributed by atoms with Gasteiger partial charge >= 0.3 is 0 Å². The molecule has 0 amide bonds. The highest BCUT2D eigenvalue weighted by Crippen LogP contribution is 2.29. The normalized spacial score (nSPS) is 10.3. The molecular formula is C10H8BrNO. The fourth-order valence-corrected chi connectivity index (χ4v) is 1.73. The number of nitrogens with zero attached hydrogens (tertiary/aromatic N) is 1. The van der Waals surface area contributed by atoms with Crippen LogP contribution in [0.3, 0.4) is 0 Å². The van der Waals surface area contributed by atoms with Crippen molar-refractivity contribution in [2.75, 3.05) is 0 Å². The molecule has 1 heterocycles. The highest BCUT2D eigenvalue weighted by atomic mass is 79.9. The molecule has 0 saturated heterocycles. The molecule has 0 N–H and O–H groups in total. The minimum absolute atomic E-state index is 0.909. The molecule has 13 heavy (non-hydrogen) atoms. The van der Waals surface area contributed by atoms with Gasteiger partial charge in [-0.05, 0) is 13.0 Å². The maximum atomic E-state index is 4.88. The van der Waals surface area contributed by atoms with Crippen molar-refractivity contribution in [3.8, 4) is 11.1 Å². The molecule has 0 aliphatic heterocycles. The molecular weight excluding hydrogens is 230 g/mol. The summed E-state index contributed by atoms with van der Waals surface area (Å²) in [7, 11) is 0. The van der Waals surface area contributed by atoms with Crippen molar-refractivity contribution >= 4 is 15.9 Å². The summed E-state index contributed by atoms with van der Waals surface area (Å²) in [5, 5.41) is 3.84. The number of rotatable bonds is 1. The van der Waals surface area contributed by atoms with Crippen LogP contribution in [0, 0.1) is 6.92 Å². The molecule has 0 unspecified atom stereocenters. The first kappa shape index (κ1) is 8.51. The minimum Gasteiger partial charge on any atom is -0.364 e. The summed E-state index contributed by atoms with van der Waals surface area (Å²) >= 11 is 3.48. The van der Waals surface area contributed by atoms with E-state index in [0.29, 0.717) is 0 Å². The first-order valence-corrected chi connectivity index (χ1v) is 4.74. The Balaban J connectivity index is 2.59. The second-order valence-electron chi connectivity index (χ2n) is 2.79. The Morgan fingerprint density at radius 1 is 1.23 bits per heavy atom. The van der Waals surface area contributed by atoms with E-state index in [0.717, 1.165) is 21.3 Å². The van der Waals surface area contributed by atoms with Crippen LogP contribution in [-0.2, 0) is 0 Å². The van der Waals surface area contributed by atoms with Gasteiger partial charge in [0.15, 0.2) is 0 Å². The van der Waals surface area contributed by atoms with Crippen LogP contribution >= 0.6 is 15.9 Å². The van der Waals surface area contributed by atoms with E-state index in [9.17, 15) is 0 Å². The zero-order valence-electron chi connectivity index (χ0n) is 7.12. The van der Waals surface area contributed by atoms with Crippen molar-refractivity contribution in [2.45, 2.75) is 6.92 Å². The van der Waals surface area contributed by atoms with Gasteiger partial charge in [-0.3, -0.25) is 0 Å². The number of hydrogen-bond acceptors (Lipinski definition) is 2. The third-order valence-corrected chi connectivity index (χ3v) is 2.61. The van der Waals surface area contributed by atoms with Crippen molar-refractivity contribution in [2.24, 2.45) is 0 Å². The summed E-state index contributed by atoms with van der Waals surface area (Å²) in [6, 6.07) is 8.01. The molecule has 2 aromatic rings. The van der Waals surface area contributed by atoms with E-state index in [1.54, 1.807) is 6.26 Å². The van der Waals surface area contributed by atoms with Crippen molar-refractivity contribution in [1.82, 2.24) is 5.16 Å². The molecule has 1 aromatic heterocycles. The minimum atomic E-state index is 0.909. The number of halogens is 1. The Labute approximate surface area is 84.7 Å². The van der Waals surface area contributed by atoms with Crippen LogP contribution < -0.4 is 0 Å². The van der Waals surface area contributed by atoms with Crippen LogP contribution in [0.25, 0.3) is 11.1 Å². The third-order valence-electron chi connectivity index (χ3n) is 1.91. The summed E-state index contributed by atoms with van der Waals surface area (Å²) in [6.45, 7) is 1.93. The van der Waals surface area contributed by atoms with Gasteiger partial charge in [0.25, 0.3) is 0 Å². The van der Waals surface area contributed by atoms with Gasteiger partial charge in [-0.2, -0.15) is 0 Å². The van der Waals surface area contributed by atoms with E-state index in [-0.39, 0.29) is 0 Å². The molecule has 0 aliphatic rings. The Hall–Kier alpha value is -1.09. The Kier molecular flexibility index (Phi) is 2.19. The smallest absolute Gasteiger partial charge is 0.131 e. The molecule has 2 rings (SSSR count). The van der Waals surface area contributed by atoms with Crippen LogP contribution in [0.4, 0.5) is 0 Å². The van der Waals surface area contributed by atoms with Crippen LogP contribution in [-0.4, -0.2) is 5.16 Å². The predicted octanol–water partition coefficient (Wildman–Crippen LogP) is 3.41. The molecule has 0 atom stereocenters. The quantitative estimate of drug-likeness (QED) is 0.760. The average molecular weight is 238 g/mol. The van der Waals surface area contributed by atoms with E-state index in [2.05, 4.69) is 21.1 Å². The lowest BCUT2D eigenvalue weighted by Crippen LogP contribution is -1.79. The SMILES string of the molecule is Cc1nocc1-c1ccccc1Br. The van der Waals surface area contributed by atoms with E-state index in [4.69, 9.17) is 4.52 Å². The topological polar surface area (TPSA) is 26.0 Å². The molecule has 0 radical (unpaired) electrons. The van der Waals surface area contributed by atoms with Gasteiger partial charge in [-0.1, -0.05) is 39.3 Å². The molecule has 0 saturated carbocycles. The summed E-state index contributed by atoms with van der Waals surface area (Å²) < 4.78 is 5.94. The molecule has 3 heteroatoms. The van der Waals surface area contributed by atoms with Gasteiger partial charge in [-0.15, -0.1) is 0 Å². The molecule has 0 aliphatic carbocycles. The van der Waals surface area contributed by atoms with E-state index in [1.807, 2.05) is 31.2 Å². The molecule has 1 aromatic carbocycles. The van der Waals surface area contributed by atoms with Crippen molar-refractivity contribution in [1.29, 1.82) is 0 Å². The van der Waals surface area contributed by atoms with Gasteiger partial charge in [0.1, 0.15) is 6.26 Å². The molecule has 0 fully saturated rings. The average Bonchev–Trinajstić information content (AvgIpc) is 2.52. The largest absolute Gasteiger partial charge is 0.364 e. The lowest BCUT2D eigenvalue weighted by molar-refractivity contribution is 0.415. The predicted molar refractivity (Wildman–Crippen MR) is 54.4 cm³/mol. The first-order chi connectivity index (χ1) is 6.29. The van der Waals surface area contributed by atoms with Crippen molar-refractivity contribution in [3.63, 3.8) is 0 Å². The van der Waals surface area contributed by atoms with Crippen LogP contribution in [0.15, 0.2) is 39.5 Å². The van der Waals surface area contributed by atoms with Crippen LogP contribution in [0.2, 0.25) is 0 Å². The molecule has 0 spiro atoms. The second-order valence-corrected chi connectivity index (χ2v) is 3.65. The van der Waals surface area contributed by atoms with Crippen molar-refractivity contribution in [3.05, 3.63) is 40.7 Å². The standard InChI is InChI=1S/C10H8BrNO/c1-7-9(6-13-12-7)8-4-2-3-5-10(8)11/h2-6H,1H3. The van der Waals surface area contributed by atoms with Crippen LogP contribution in [0.1, 0.15) is 5.69 Å². The molecule has 2 nitrogen and oxygen atoms in total. The fraction of sp³-hybridized carbons (Fsp3) is 0.100. The van der Waals surface area contributed by atoms with Gasteiger partial charge in [-0.25, -0.2) is 0 Å². The number of benzene rings is 1. The summed E-state index contributed by atoms with van der Waals surface area (Å²) in [5.41, 5.74) is 3.06. The van der Waals surface area contributed by atoms with Gasteiger partial charge in [0, 0.05) is 15.6 Å². The van der Waals surface area contributed by atoms with Gasteiger partial charge in [0.05, 0.1) is 5.69 Å². The summed E-state index contributed by atoms with van der Waals surface area (Å²) in [4.78, 5) is 0. The van der Waals surface area contributed by atoms with E-state index in [1.165, 1.54) is 0 Å². The van der Waals surface area contributed by atoms with Crippen molar-refractivity contribution < 1.29 is 4.52 Å². The Bertz CT molecular complexity index is 422. The van der Waals surface area contributed by atoms with E-state index >= 15 is 0 Å². The second kappa shape index (κ2) is 3.34. The Morgan fingerprint density at radius 2 is 2.00 bits per heavy atom. The summed E-state index contributed by atoms with van der Waals surface area (Å²) in [5.74, 6) is 0. The highest BCUT2D eigenvalue weighted by Gasteiger charge is 2.07. The van der Waals surface area contributed by atoms with Gasteiger partial charge < -0.3 is 4.52 Å². The van der Waals surface area contributed by atoms with Gasteiger partial charge in [0.2, 0.25) is 0 Å². The Morgan fingerprint density at radius 3 is 2.62 bits per heavy atom. The highest BCUT2D eigenvalue weighted by molar-refractivity contribution is 9.10. The van der Waals surface area contributed by atoms with E-state index < -0.39 is 0 Å².